The second-order valence-electron chi connectivity index (χ2n) is 7.59. The number of carbonyl (C=O) groups excluding carboxylic acids is 2. The molecule has 0 radical (unpaired) electrons. The predicted molar refractivity (Wildman–Crippen MR) is 93.8 cm³/mol. The van der Waals surface area contributed by atoms with Gasteiger partial charge in [0.05, 0.1) is 0 Å². The van der Waals surface area contributed by atoms with E-state index in [0.29, 0.717) is 23.2 Å². The molecule has 0 bridgehead atoms. The lowest BCUT2D eigenvalue weighted by atomic mass is 10.0. The lowest BCUT2D eigenvalue weighted by Gasteiger charge is -2.27. The quantitative estimate of drug-likeness (QED) is 0.918. The van der Waals surface area contributed by atoms with E-state index in [-0.39, 0.29) is 5.91 Å². The van der Waals surface area contributed by atoms with Crippen molar-refractivity contribution >= 4 is 11.8 Å². The summed E-state index contributed by atoms with van der Waals surface area (Å²) in [5, 5.41) is 0. The zero-order chi connectivity index (χ0) is 17.4. The fourth-order valence-electron chi connectivity index (χ4n) is 4.44. The van der Waals surface area contributed by atoms with E-state index in [4.69, 9.17) is 5.73 Å². The summed E-state index contributed by atoms with van der Waals surface area (Å²) in [6.07, 6.45) is 4.72. The Balaban J connectivity index is 1.62. The van der Waals surface area contributed by atoms with E-state index in [1.807, 2.05) is 11.9 Å². The molecule has 0 aromatic heterocycles. The molecule has 0 aliphatic heterocycles. The number of rotatable bonds is 4. The molecule has 5 heteroatoms. The number of amides is 2. The number of nitrogens with zero attached hydrogens (tertiary/aromatic N) is 2. The van der Waals surface area contributed by atoms with Crippen LogP contribution >= 0.6 is 0 Å². The first-order valence-corrected chi connectivity index (χ1v) is 8.70. The second-order valence-corrected chi connectivity index (χ2v) is 7.59. The van der Waals surface area contributed by atoms with Crippen LogP contribution in [0.1, 0.15) is 46.4 Å². The Kier molecular flexibility index (Phi) is 4.63. The van der Waals surface area contributed by atoms with Crippen molar-refractivity contribution in [3.8, 4) is 0 Å². The number of hydrogen-bond donors (Lipinski definition) is 1. The summed E-state index contributed by atoms with van der Waals surface area (Å²) in [5.41, 5.74) is 6.29. The van der Waals surface area contributed by atoms with Crippen LogP contribution < -0.4 is 5.73 Å². The highest BCUT2D eigenvalue weighted by atomic mass is 16.2. The maximum absolute atomic E-state index is 12.7. The normalized spacial score (nSPS) is 28.8. The number of carbonyl (C=O) groups is 2. The number of primary amides is 1. The van der Waals surface area contributed by atoms with Gasteiger partial charge in [-0.05, 0) is 75.9 Å². The Morgan fingerprint density at radius 1 is 0.875 bits per heavy atom. The number of nitrogens with two attached hydrogens (primary N) is 1. The van der Waals surface area contributed by atoms with E-state index in [1.165, 1.54) is 12.8 Å². The maximum Gasteiger partial charge on any atom is 0.253 e. The largest absolute Gasteiger partial charge is 0.366 e. The molecular weight excluding hydrogens is 302 g/mol. The fourth-order valence-corrected chi connectivity index (χ4v) is 4.44. The topological polar surface area (TPSA) is 66.6 Å². The van der Waals surface area contributed by atoms with Gasteiger partial charge < -0.3 is 15.5 Å². The van der Waals surface area contributed by atoms with Gasteiger partial charge in [-0.25, -0.2) is 0 Å². The molecule has 0 spiro atoms. The van der Waals surface area contributed by atoms with Gasteiger partial charge in [0, 0.05) is 30.3 Å². The van der Waals surface area contributed by atoms with Crippen LogP contribution in [0, 0.1) is 11.8 Å². The van der Waals surface area contributed by atoms with Gasteiger partial charge in [0.15, 0.2) is 0 Å². The maximum atomic E-state index is 12.7. The minimum Gasteiger partial charge on any atom is -0.366 e. The molecule has 24 heavy (non-hydrogen) atoms. The highest BCUT2D eigenvalue weighted by Crippen LogP contribution is 2.46. The van der Waals surface area contributed by atoms with Crippen LogP contribution in [0.4, 0.5) is 0 Å². The average molecular weight is 329 g/mol. The number of benzene rings is 1. The zero-order valence-corrected chi connectivity index (χ0v) is 14.7. The Bertz CT molecular complexity index is 612. The highest BCUT2D eigenvalue weighted by Gasteiger charge is 2.44. The van der Waals surface area contributed by atoms with E-state index in [2.05, 4.69) is 19.0 Å². The average Bonchev–Trinajstić information content (AvgIpc) is 3.12. The summed E-state index contributed by atoms with van der Waals surface area (Å²) < 4.78 is 0. The lowest BCUT2D eigenvalue weighted by Crippen LogP contribution is -2.36. The Hall–Kier alpha value is -1.88. The third kappa shape index (κ3) is 3.18. The molecule has 2 unspecified atom stereocenters. The first-order valence-electron chi connectivity index (χ1n) is 8.70. The minimum atomic E-state index is -0.471. The van der Waals surface area contributed by atoms with Crippen LogP contribution in [-0.4, -0.2) is 54.8 Å². The molecule has 0 saturated heterocycles. The zero-order valence-electron chi connectivity index (χ0n) is 14.7. The summed E-state index contributed by atoms with van der Waals surface area (Å²) in [4.78, 5) is 28.1. The monoisotopic (exact) mass is 329 g/mol. The van der Waals surface area contributed by atoms with Crippen molar-refractivity contribution in [1.82, 2.24) is 9.80 Å². The molecular formula is C19H27N3O2. The van der Waals surface area contributed by atoms with Crippen molar-refractivity contribution in [3.63, 3.8) is 0 Å². The van der Waals surface area contributed by atoms with Gasteiger partial charge >= 0.3 is 0 Å². The summed E-state index contributed by atoms with van der Waals surface area (Å²) in [5.74, 6) is 1.05. The van der Waals surface area contributed by atoms with Gasteiger partial charge in [-0.1, -0.05) is 0 Å². The summed E-state index contributed by atoms with van der Waals surface area (Å²) in [7, 11) is 6.22. The molecule has 4 atom stereocenters. The van der Waals surface area contributed by atoms with E-state index < -0.39 is 5.91 Å². The predicted octanol–water partition coefficient (Wildman–Crippen LogP) is 1.98. The summed E-state index contributed by atoms with van der Waals surface area (Å²) in [6.45, 7) is 0. The third-order valence-electron chi connectivity index (χ3n) is 5.98. The SMILES string of the molecule is CN(C)C1C[C@@H]2CC(N(C)C(=O)c3ccc(C(N)=O)cc3)C[C@@H]2C1. The summed E-state index contributed by atoms with van der Waals surface area (Å²) >= 11 is 0. The van der Waals surface area contributed by atoms with Crippen molar-refractivity contribution in [2.24, 2.45) is 17.6 Å². The van der Waals surface area contributed by atoms with Crippen LogP contribution in [-0.2, 0) is 0 Å². The number of fused-ring (bicyclic) bond motifs is 1. The van der Waals surface area contributed by atoms with E-state index >= 15 is 0 Å². The van der Waals surface area contributed by atoms with Crippen molar-refractivity contribution in [2.45, 2.75) is 37.8 Å². The smallest absolute Gasteiger partial charge is 0.253 e. The van der Waals surface area contributed by atoms with Gasteiger partial charge in [-0.15, -0.1) is 0 Å². The molecule has 2 fully saturated rings. The van der Waals surface area contributed by atoms with Crippen LogP contribution in [0.15, 0.2) is 24.3 Å². The van der Waals surface area contributed by atoms with Gasteiger partial charge in [0.2, 0.25) is 5.91 Å². The number of hydrogen-bond acceptors (Lipinski definition) is 3. The molecule has 2 N–H and O–H groups in total. The first kappa shape index (κ1) is 17.0. The van der Waals surface area contributed by atoms with Crippen LogP contribution in [0.5, 0.6) is 0 Å². The van der Waals surface area contributed by atoms with Gasteiger partial charge in [-0.3, -0.25) is 9.59 Å². The second kappa shape index (κ2) is 6.55. The van der Waals surface area contributed by atoms with Crippen LogP contribution in [0.25, 0.3) is 0 Å². The molecule has 2 aliphatic carbocycles. The molecule has 2 aliphatic rings. The first-order chi connectivity index (χ1) is 11.4. The fraction of sp³-hybridized carbons (Fsp3) is 0.579. The standard InChI is InChI=1S/C19H27N3O2/c1-21(2)16-8-14-10-17(11-15(14)9-16)22(3)19(24)13-6-4-12(5-7-13)18(20)23/h4-7,14-17H,8-11H2,1-3H3,(H2,20,23)/t14-,15+,16?,17?. The molecule has 1 aromatic carbocycles. The van der Waals surface area contributed by atoms with E-state index in [9.17, 15) is 9.59 Å². The molecule has 1 aromatic rings. The summed E-state index contributed by atoms with van der Waals surface area (Å²) in [6, 6.07) is 7.64. The molecule has 2 amide bonds. The molecule has 0 heterocycles. The molecule has 2 saturated carbocycles. The van der Waals surface area contributed by atoms with Crippen molar-refractivity contribution in [2.75, 3.05) is 21.1 Å². The molecule has 5 nitrogen and oxygen atoms in total. The Labute approximate surface area is 143 Å². The van der Waals surface area contributed by atoms with Gasteiger partial charge in [0.25, 0.3) is 5.91 Å². The molecule has 130 valence electrons. The lowest BCUT2D eigenvalue weighted by molar-refractivity contribution is 0.0725. The highest BCUT2D eigenvalue weighted by molar-refractivity contribution is 5.97. The van der Waals surface area contributed by atoms with Crippen molar-refractivity contribution < 1.29 is 9.59 Å². The minimum absolute atomic E-state index is 0.0279. The van der Waals surface area contributed by atoms with E-state index in [1.54, 1.807) is 24.3 Å². The molecule has 3 rings (SSSR count). The van der Waals surface area contributed by atoms with E-state index in [0.717, 1.165) is 24.7 Å². The van der Waals surface area contributed by atoms with Crippen molar-refractivity contribution in [1.29, 1.82) is 0 Å². The van der Waals surface area contributed by atoms with Crippen molar-refractivity contribution in [3.05, 3.63) is 35.4 Å². The van der Waals surface area contributed by atoms with Gasteiger partial charge in [-0.2, -0.15) is 0 Å². The van der Waals surface area contributed by atoms with Gasteiger partial charge in [0.1, 0.15) is 0 Å². The van der Waals surface area contributed by atoms with Crippen LogP contribution in [0.2, 0.25) is 0 Å². The Morgan fingerprint density at radius 2 is 1.33 bits per heavy atom. The Morgan fingerprint density at radius 3 is 1.79 bits per heavy atom. The van der Waals surface area contributed by atoms with Crippen LogP contribution in [0.3, 0.4) is 0 Å². The third-order valence-corrected chi connectivity index (χ3v) is 5.98.